The number of methoxy groups -OCH3 is 1. The number of para-hydroxylation sites is 1. The van der Waals surface area contributed by atoms with Crippen LogP contribution in [0.4, 0.5) is 0 Å². The Hall–Kier alpha value is -1.22. The molecule has 0 saturated heterocycles. The van der Waals surface area contributed by atoms with Gasteiger partial charge in [-0.25, -0.2) is 0 Å². The van der Waals surface area contributed by atoms with Crippen molar-refractivity contribution < 1.29 is 9.47 Å². The van der Waals surface area contributed by atoms with Crippen LogP contribution in [-0.4, -0.2) is 19.8 Å². The summed E-state index contributed by atoms with van der Waals surface area (Å²) in [6.45, 7) is 5.97. The van der Waals surface area contributed by atoms with E-state index in [4.69, 9.17) is 9.47 Å². The van der Waals surface area contributed by atoms with Gasteiger partial charge in [-0.1, -0.05) is 12.1 Å². The topological polar surface area (TPSA) is 30.5 Å². The van der Waals surface area contributed by atoms with Gasteiger partial charge < -0.3 is 14.8 Å². The minimum atomic E-state index is 0.541. The predicted molar refractivity (Wildman–Crippen MR) is 101 cm³/mol. The van der Waals surface area contributed by atoms with Crippen LogP contribution in [0, 0.1) is 23.2 Å². The van der Waals surface area contributed by atoms with E-state index in [0.717, 1.165) is 35.8 Å². The average Bonchev–Trinajstić information content (AvgIpc) is 2.59. The molecular weight excluding hydrogens is 310 g/mol. The van der Waals surface area contributed by atoms with Crippen LogP contribution in [-0.2, 0) is 6.54 Å². The Morgan fingerprint density at radius 1 is 1.12 bits per heavy atom. The Labute approximate surface area is 152 Å². The normalized spacial score (nSPS) is 34.1. The van der Waals surface area contributed by atoms with Crippen LogP contribution in [0.15, 0.2) is 18.2 Å². The Bertz CT molecular complexity index is 577. The zero-order valence-electron chi connectivity index (χ0n) is 16.0. The van der Waals surface area contributed by atoms with E-state index >= 15 is 0 Å². The van der Waals surface area contributed by atoms with Crippen molar-refractivity contribution in [3.05, 3.63) is 23.8 Å². The van der Waals surface area contributed by atoms with Crippen LogP contribution in [0.1, 0.15) is 57.9 Å². The third kappa shape index (κ3) is 3.16. The van der Waals surface area contributed by atoms with E-state index < -0.39 is 0 Å². The molecule has 1 aromatic carbocycles. The molecule has 4 fully saturated rings. The van der Waals surface area contributed by atoms with Crippen molar-refractivity contribution in [2.75, 3.05) is 13.7 Å². The number of rotatable bonds is 7. The minimum absolute atomic E-state index is 0.541. The summed E-state index contributed by atoms with van der Waals surface area (Å²) < 4.78 is 11.4. The molecule has 0 radical (unpaired) electrons. The summed E-state index contributed by atoms with van der Waals surface area (Å²) in [4.78, 5) is 0. The summed E-state index contributed by atoms with van der Waals surface area (Å²) in [5.41, 5.74) is 1.75. The van der Waals surface area contributed by atoms with Crippen LogP contribution in [0.3, 0.4) is 0 Å². The van der Waals surface area contributed by atoms with E-state index in [2.05, 4.69) is 24.4 Å². The molecule has 3 nitrogen and oxygen atoms in total. The van der Waals surface area contributed by atoms with Gasteiger partial charge in [-0.3, -0.25) is 0 Å². The fraction of sp³-hybridized carbons (Fsp3) is 0.727. The Morgan fingerprint density at radius 2 is 1.76 bits per heavy atom. The van der Waals surface area contributed by atoms with Gasteiger partial charge in [0, 0.05) is 18.2 Å². The second-order valence-electron chi connectivity index (χ2n) is 8.76. The van der Waals surface area contributed by atoms with Crippen LogP contribution in [0.25, 0.3) is 0 Å². The van der Waals surface area contributed by atoms with Crippen LogP contribution < -0.4 is 14.8 Å². The van der Waals surface area contributed by atoms with Crippen molar-refractivity contribution in [3.63, 3.8) is 0 Å². The van der Waals surface area contributed by atoms with Crippen LogP contribution >= 0.6 is 0 Å². The lowest BCUT2D eigenvalue weighted by Crippen LogP contribution is -2.54. The van der Waals surface area contributed by atoms with Crippen molar-refractivity contribution in [2.45, 2.75) is 65.0 Å². The highest BCUT2D eigenvalue weighted by Gasteiger charge is 2.52. The van der Waals surface area contributed by atoms with Crippen molar-refractivity contribution >= 4 is 0 Å². The molecule has 1 aromatic rings. The van der Waals surface area contributed by atoms with Gasteiger partial charge in [-0.2, -0.15) is 0 Å². The maximum atomic E-state index is 5.88. The van der Waals surface area contributed by atoms with E-state index in [0.29, 0.717) is 18.1 Å². The molecule has 3 heteroatoms. The van der Waals surface area contributed by atoms with Crippen molar-refractivity contribution in [3.8, 4) is 11.5 Å². The van der Waals surface area contributed by atoms with Crippen LogP contribution in [0.2, 0.25) is 0 Å². The molecule has 25 heavy (non-hydrogen) atoms. The van der Waals surface area contributed by atoms with Crippen molar-refractivity contribution in [1.82, 2.24) is 5.32 Å². The van der Waals surface area contributed by atoms with Gasteiger partial charge in [-0.05, 0) is 81.6 Å². The first-order valence-corrected chi connectivity index (χ1v) is 10.2. The summed E-state index contributed by atoms with van der Waals surface area (Å²) in [6, 6.07) is 6.78. The van der Waals surface area contributed by atoms with E-state index in [9.17, 15) is 0 Å². The molecule has 4 aliphatic carbocycles. The first-order chi connectivity index (χ1) is 12.1. The second kappa shape index (κ2) is 6.83. The van der Waals surface area contributed by atoms with E-state index in [1.165, 1.54) is 44.1 Å². The molecule has 1 atom stereocenters. The zero-order valence-corrected chi connectivity index (χ0v) is 16.0. The monoisotopic (exact) mass is 343 g/mol. The number of benzene rings is 1. The van der Waals surface area contributed by atoms with Gasteiger partial charge in [0.2, 0.25) is 0 Å². The first kappa shape index (κ1) is 17.2. The van der Waals surface area contributed by atoms with Crippen molar-refractivity contribution in [1.29, 1.82) is 0 Å². The molecule has 4 aliphatic rings. The molecule has 1 N–H and O–H groups in total. The molecule has 4 bridgehead atoms. The lowest BCUT2D eigenvalue weighted by Gasteiger charge is -2.59. The molecule has 5 rings (SSSR count). The van der Waals surface area contributed by atoms with Crippen molar-refractivity contribution in [2.24, 2.45) is 23.2 Å². The lowest BCUT2D eigenvalue weighted by atomic mass is 9.48. The molecule has 0 heterocycles. The average molecular weight is 344 g/mol. The maximum absolute atomic E-state index is 5.88. The third-order valence-corrected chi connectivity index (χ3v) is 7.17. The number of nitrogens with one attached hydrogen (secondary N) is 1. The third-order valence-electron chi connectivity index (χ3n) is 7.17. The quantitative estimate of drug-likeness (QED) is 0.772. The van der Waals surface area contributed by atoms with Gasteiger partial charge in [-0.15, -0.1) is 0 Å². The molecule has 0 spiro atoms. The van der Waals surface area contributed by atoms with Gasteiger partial charge in [0.15, 0.2) is 11.5 Å². The highest BCUT2D eigenvalue weighted by atomic mass is 16.5. The number of hydrogen-bond acceptors (Lipinski definition) is 3. The maximum Gasteiger partial charge on any atom is 0.165 e. The van der Waals surface area contributed by atoms with Gasteiger partial charge in [0.25, 0.3) is 0 Å². The van der Waals surface area contributed by atoms with E-state index in [1.807, 2.05) is 13.0 Å². The molecule has 0 aromatic heterocycles. The van der Waals surface area contributed by atoms with Gasteiger partial charge in [0.1, 0.15) is 0 Å². The van der Waals surface area contributed by atoms with E-state index in [1.54, 1.807) is 7.11 Å². The number of hydrogen-bond donors (Lipinski definition) is 1. The Balaban J connectivity index is 1.47. The molecule has 138 valence electrons. The van der Waals surface area contributed by atoms with E-state index in [-0.39, 0.29) is 0 Å². The summed E-state index contributed by atoms with van der Waals surface area (Å²) >= 11 is 0. The zero-order chi connectivity index (χ0) is 17.4. The summed E-state index contributed by atoms with van der Waals surface area (Å²) in [7, 11) is 1.72. The smallest absolute Gasteiger partial charge is 0.165 e. The largest absolute Gasteiger partial charge is 0.493 e. The molecule has 4 saturated carbocycles. The predicted octanol–water partition coefficient (Wildman–Crippen LogP) is 4.79. The second-order valence-corrected chi connectivity index (χ2v) is 8.76. The molecule has 0 unspecified atom stereocenters. The molecule has 0 amide bonds. The van der Waals surface area contributed by atoms with Gasteiger partial charge >= 0.3 is 0 Å². The highest BCUT2D eigenvalue weighted by molar-refractivity contribution is 5.46. The fourth-order valence-corrected chi connectivity index (χ4v) is 6.36. The molecular formula is C22H33NO2. The number of ether oxygens (including phenoxy) is 2. The minimum Gasteiger partial charge on any atom is -0.493 e. The Morgan fingerprint density at radius 3 is 2.32 bits per heavy atom. The fourth-order valence-electron chi connectivity index (χ4n) is 6.36. The standard InChI is InChI=1S/C22H33NO2/c1-4-25-21-19(6-5-7-20(21)24-3)14-23-15(2)22-11-16-8-17(12-22)10-18(9-16)13-22/h5-7,15-18,23H,4,8-14H2,1-3H3/t15-,16?,17?,18?,22?/m1/s1. The van der Waals surface area contributed by atoms with Gasteiger partial charge in [0.05, 0.1) is 13.7 Å². The highest BCUT2D eigenvalue weighted by Crippen LogP contribution is 2.61. The summed E-state index contributed by atoms with van der Waals surface area (Å²) in [6.07, 6.45) is 8.87. The lowest BCUT2D eigenvalue weighted by molar-refractivity contribution is -0.0706. The molecule has 0 aliphatic heterocycles. The summed E-state index contributed by atoms with van der Waals surface area (Å²) in [5.74, 6) is 4.75. The first-order valence-electron chi connectivity index (χ1n) is 10.2. The SMILES string of the molecule is CCOc1c(CN[C@H](C)C23CC4CC(CC(C4)C2)C3)cccc1OC. The van der Waals surface area contributed by atoms with Crippen LogP contribution in [0.5, 0.6) is 11.5 Å². The summed E-state index contributed by atoms with van der Waals surface area (Å²) in [5, 5.41) is 3.87. The Kier molecular flexibility index (Phi) is 4.70.